The Bertz CT molecular complexity index is 808. The molecule has 1 rings (SSSR count). The molecule has 27 heavy (non-hydrogen) atoms. The maximum atomic E-state index is 12.6. The normalized spacial score (nSPS) is 11.1. The van der Waals surface area contributed by atoms with Crippen LogP contribution in [0.3, 0.4) is 0 Å². The first-order chi connectivity index (χ1) is 12.7. The summed E-state index contributed by atoms with van der Waals surface area (Å²) >= 11 is 5.96. The van der Waals surface area contributed by atoms with E-state index in [-0.39, 0.29) is 35.1 Å². The van der Waals surface area contributed by atoms with Crippen LogP contribution >= 0.6 is 11.6 Å². The molecule has 0 saturated heterocycles. The molecule has 0 atom stereocenters. The van der Waals surface area contributed by atoms with Gasteiger partial charge in [-0.05, 0) is 18.2 Å². The molecule has 0 radical (unpaired) electrons. The zero-order valence-electron chi connectivity index (χ0n) is 15.2. The van der Waals surface area contributed by atoms with Crippen LogP contribution in [-0.2, 0) is 24.3 Å². The molecule has 0 aromatic heterocycles. The van der Waals surface area contributed by atoms with E-state index in [2.05, 4.69) is 10.6 Å². The van der Waals surface area contributed by atoms with Crippen molar-refractivity contribution >= 4 is 39.4 Å². The molecule has 2 N–H and O–H groups in total. The highest BCUT2D eigenvalue weighted by Gasteiger charge is 2.24. The summed E-state index contributed by atoms with van der Waals surface area (Å²) in [5, 5.41) is 4.56. The second-order valence-electron chi connectivity index (χ2n) is 5.26. The number of nitrogens with zero attached hydrogens (tertiary/aromatic N) is 1. The molecule has 0 heterocycles. The fourth-order valence-corrected chi connectivity index (χ4v) is 3.74. The first kappa shape index (κ1) is 22.9. The molecule has 0 bridgehead atoms. The fourth-order valence-electron chi connectivity index (χ4n) is 2.06. The molecular formula is C16H22ClN3O6S. The summed E-state index contributed by atoms with van der Waals surface area (Å²) < 4.78 is 31.2. The van der Waals surface area contributed by atoms with Crippen molar-refractivity contribution in [1.29, 1.82) is 0 Å². The quantitative estimate of drug-likeness (QED) is 0.558. The number of ether oxygens (including phenoxy) is 1. The van der Waals surface area contributed by atoms with Crippen molar-refractivity contribution < 1.29 is 27.5 Å². The first-order valence-electron chi connectivity index (χ1n) is 8.11. The molecule has 0 spiro atoms. The van der Waals surface area contributed by atoms with E-state index in [0.717, 1.165) is 6.07 Å². The highest BCUT2D eigenvalue weighted by atomic mass is 35.5. The summed E-state index contributed by atoms with van der Waals surface area (Å²) in [7, 11) is -2.37. The Kier molecular flexibility index (Phi) is 8.67. The van der Waals surface area contributed by atoms with Crippen molar-refractivity contribution in [3.63, 3.8) is 0 Å². The monoisotopic (exact) mass is 419 g/mol. The number of esters is 1. The van der Waals surface area contributed by atoms with Crippen molar-refractivity contribution in [2.24, 2.45) is 0 Å². The molecule has 0 aliphatic heterocycles. The molecule has 1 aromatic carbocycles. The average molecular weight is 420 g/mol. The third kappa shape index (κ3) is 6.19. The summed E-state index contributed by atoms with van der Waals surface area (Å²) in [5.74, 6) is -2.05. The topological polar surface area (TPSA) is 122 Å². The van der Waals surface area contributed by atoms with Crippen molar-refractivity contribution in [1.82, 2.24) is 14.9 Å². The molecular weight excluding hydrogens is 398 g/mol. The molecule has 0 fully saturated rings. The largest absolute Gasteiger partial charge is 0.452 e. The van der Waals surface area contributed by atoms with Gasteiger partial charge in [-0.25, -0.2) is 13.2 Å². The number of carbonyl (C=O) groups is 3. The number of likely N-dealkylation sites (N-methyl/N-ethyl adjacent to an activating group) is 1. The predicted octanol–water partition coefficient (Wildman–Crippen LogP) is 0.390. The highest BCUT2D eigenvalue weighted by molar-refractivity contribution is 7.89. The molecule has 11 heteroatoms. The maximum Gasteiger partial charge on any atom is 0.340 e. The van der Waals surface area contributed by atoms with Crippen LogP contribution in [0.1, 0.15) is 24.2 Å². The fraction of sp³-hybridized carbons (Fsp3) is 0.438. The van der Waals surface area contributed by atoms with Gasteiger partial charge in [0.1, 0.15) is 0 Å². The van der Waals surface area contributed by atoms with Gasteiger partial charge in [0.2, 0.25) is 15.9 Å². The van der Waals surface area contributed by atoms with Crippen LogP contribution in [-0.4, -0.2) is 63.8 Å². The van der Waals surface area contributed by atoms with Crippen LogP contribution in [0.4, 0.5) is 0 Å². The Hall–Kier alpha value is -2.17. The van der Waals surface area contributed by atoms with Gasteiger partial charge in [-0.15, -0.1) is 0 Å². The van der Waals surface area contributed by atoms with E-state index in [1.807, 2.05) is 0 Å². The summed E-state index contributed by atoms with van der Waals surface area (Å²) in [5.41, 5.74) is -0.177. The lowest BCUT2D eigenvalue weighted by molar-refractivity contribution is -0.127. The number of rotatable bonds is 9. The Morgan fingerprint density at radius 1 is 1.15 bits per heavy atom. The van der Waals surface area contributed by atoms with Gasteiger partial charge in [-0.2, -0.15) is 4.31 Å². The summed E-state index contributed by atoms with van der Waals surface area (Å²) in [6.45, 7) is 3.04. The van der Waals surface area contributed by atoms with Crippen LogP contribution < -0.4 is 10.6 Å². The van der Waals surface area contributed by atoms with Crippen molar-refractivity contribution in [3.8, 4) is 0 Å². The van der Waals surface area contributed by atoms with Crippen molar-refractivity contribution in [3.05, 3.63) is 28.8 Å². The SMILES string of the molecule is CCN(CC)S(=O)(=O)c1ccc(Cl)c(C(=O)OCC(=O)NCC(=O)NC)c1. The third-order valence-electron chi connectivity index (χ3n) is 3.56. The van der Waals surface area contributed by atoms with Gasteiger partial charge in [0, 0.05) is 20.1 Å². The Labute approximate surface area is 163 Å². The van der Waals surface area contributed by atoms with Gasteiger partial charge in [0.05, 0.1) is 22.0 Å². The molecule has 0 unspecified atom stereocenters. The minimum absolute atomic E-state index is 0.00994. The smallest absolute Gasteiger partial charge is 0.340 e. The van der Waals surface area contributed by atoms with Gasteiger partial charge in [0.15, 0.2) is 6.61 Å². The van der Waals surface area contributed by atoms with Gasteiger partial charge >= 0.3 is 5.97 Å². The Morgan fingerprint density at radius 3 is 2.33 bits per heavy atom. The second kappa shape index (κ2) is 10.2. The van der Waals surface area contributed by atoms with Gasteiger partial charge in [-0.1, -0.05) is 25.4 Å². The average Bonchev–Trinajstić information content (AvgIpc) is 2.64. The van der Waals surface area contributed by atoms with Crippen LogP contribution in [0.15, 0.2) is 23.1 Å². The van der Waals surface area contributed by atoms with Crippen molar-refractivity contribution in [2.75, 3.05) is 33.3 Å². The predicted molar refractivity (Wildman–Crippen MR) is 98.9 cm³/mol. The summed E-state index contributed by atoms with van der Waals surface area (Å²) in [4.78, 5) is 34.7. The van der Waals surface area contributed by atoms with E-state index in [9.17, 15) is 22.8 Å². The Morgan fingerprint density at radius 2 is 1.78 bits per heavy atom. The standard InChI is InChI=1S/C16H22ClN3O6S/c1-4-20(5-2)27(24,25)11-6-7-13(17)12(8-11)16(23)26-10-15(22)19-9-14(21)18-3/h6-8H,4-5,9-10H2,1-3H3,(H,18,21)(H,19,22). The molecule has 150 valence electrons. The maximum absolute atomic E-state index is 12.6. The molecule has 0 saturated carbocycles. The van der Waals surface area contributed by atoms with E-state index >= 15 is 0 Å². The Balaban J connectivity index is 2.89. The van der Waals surface area contributed by atoms with E-state index in [1.54, 1.807) is 13.8 Å². The lowest BCUT2D eigenvalue weighted by atomic mass is 10.2. The lowest BCUT2D eigenvalue weighted by Gasteiger charge is -2.19. The number of halogens is 1. The number of sulfonamides is 1. The number of nitrogens with one attached hydrogen (secondary N) is 2. The van der Waals surface area contributed by atoms with Crippen LogP contribution in [0, 0.1) is 0 Å². The highest BCUT2D eigenvalue weighted by Crippen LogP contribution is 2.23. The van der Waals surface area contributed by atoms with E-state index < -0.39 is 34.4 Å². The summed E-state index contributed by atoms with van der Waals surface area (Å²) in [6.07, 6.45) is 0. The van der Waals surface area contributed by atoms with Gasteiger partial charge < -0.3 is 15.4 Å². The number of benzene rings is 1. The van der Waals surface area contributed by atoms with Gasteiger partial charge in [-0.3, -0.25) is 9.59 Å². The van der Waals surface area contributed by atoms with Crippen LogP contribution in [0.5, 0.6) is 0 Å². The minimum atomic E-state index is -3.78. The molecule has 0 aliphatic carbocycles. The third-order valence-corrected chi connectivity index (χ3v) is 5.94. The number of hydrogen-bond donors (Lipinski definition) is 2. The van der Waals surface area contributed by atoms with Crippen LogP contribution in [0.25, 0.3) is 0 Å². The number of amides is 2. The summed E-state index contributed by atoms with van der Waals surface area (Å²) in [6, 6.07) is 3.68. The molecule has 0 aliphatic rings. The lowest BCUT2D eigenvalue weighted by Crippen LogP contribution is -2.37. The zero-order chi connectivity index (χ0) is 20.6. The van der Waals surface area contributed by atoms with Gasteiger partial charge in [0.25, 0.3) is 5.91 Å². The molecule has 1 aromatic rings. The van der Waals surface area contributed by atoms with Crippen molar-refractivity contribution in [2.45, 2.75) is 18.7 Å². The zero-order valence-corrected chi connectivity index (χ0v) is 16.8. The van der Waals surface area contributed by atoms with E-state index in [0.29, 0.717) is 0 Å². The molecule has 2 amide bonds. The first-order valence-corrected chi connectivity index (χ1v) is 9.93. The number of hydrogen-bond acceptors (Lipinski definition) is 6. The molecule has 9 nitrogen and oxygen atoms in total. The van der Waals surface area contributed by atoms with E-state index in [1.165, 1.54) is 23.5 Å². The van der Waals surface area contributed by atoms with Crippen LogP contribution in [0.2, 0.25) is 5.02 Å². The van der Waals surface area contributed by atoms with E-state index in [4.69, 9.17) is 16.3 Å². The second-order valence-corrected chi connectivity index (χ2v) is 7.60. The number of carbonyl (C=O) groups excluding carboxylic acids is 3. The minimum Gasteiger partial charge on any atom is -0.452 e.